The van der Waals surface area contributed by atoms with Gasteiger partial charge in [0.25, 0.3) is 0 Å². The Labute approximate surface area is 143 Å². The van der Waals surface area contributed by atoms with E-state index >= 15 is 0 Å². The molecule has 0 amide bonds. The van der Waals surface area contributed by atoms with Gasteiger partial charge < -0.3 is 15.2 Å². The first-order chi connectivity index (χ1) is 9.69. The van der Waals surface area contributed by atoms with E-state index < -0.39 is 5.79 Å². The zero-order valence-corrected chi connectivity index (χ0v) is 16.1. The number of benzene rings is 1. The largest absolute Gasteiger partial charge is 0.361 e. The van der Waals surface area contributed by atoms with Crippen LogP contribution in [-0.4, -0.2) is 23.3 Å². The molecule has 21 heavy (non-hydrogen) atoms. The summed E-state index contributed by atoms with van der Waals surface area (Å²) < 4.78 is 7.86. The molecule has 3 nitrogen and oxygen atoms in total. The molecule has 0 bridgehead atoms. The number of nitrogens with one attached hydrogen (secondary N) is 1. The molecule has 0 aromatic heterocycles. The van der Waals surface area contributed by atoms with Gasteiger partial charge >= 0.3 is 0 Å². The number of halogens is 2. The van der Waals surface area contributed by atoms with Crippen molar-refractivity contribution in [1.82, 2.24) is 5.32 Å². The summed E-state index contributed by atoms with van der Waals surface area (Å²) in [6.45, 7) is 8.71. The van der Waals surface area contributed by atoms with Crippen molar-refractivity contribution >= 4 is 31.9 Å². The summed E-state index contributed by atoms with van der Waals surface area (Å²) in [6.07, 6.45) is 2.00. The third-order valence-electron chi connectivity index (χ3n) is 3.88. The van der Waals surface area contributed by atoms with Crippen LogP contribution in [0.25, 0.3) is 0 Å². The van der Waals surface area contributed by atoms with Gasteiger partial charge in [-0.1, -0.05) is 13.3 Å². The van der Waals surface area contributed by atoms with Crippen molar-refractivity contribution in [3.05, 3.63) is 32.2 Å². The first kappa shape index (κ1) is 17.4. The van der Waals surface area contributed by atoms with Crippen LogP contribution >= 0.6 is 31.9 Å². The summed E-state index contributed by atoms with van der Waals surface area (Å²) in [7, 11) is 0. The third-order valence-corrected chi connectivity index (χ3v) is 5.98. The minimum atomic E-state index is -1.30. The lowest BCUT2D eigenvalue weighted by Crippen LogP contribution is -2.63. The fourth-order valence-electron chi connectivity index (χ4n) is 2.78. The average molecular weight is 421 g/mol. The normalized spacial score (nSPS) is 28.6. The predicted molar refractivity (Wildman–Crippen MR) is 92.4 cm³/mol. The molecule has 5 heteroatoms. The first-order valence-corrected chi connectivity index (χ1v) is 8.90. The molecule has 2 N–H and O–H groups in total. The van der Waals surface area contributed by atoms with E-state index in [1.54, 1.807) is 0 Å². The molecule has 0 aliphatic carbocycles. The number of ether oxygens (including phenoxy) is 1. The minimum absolute atomic E-state index is 0.134. The maximum absolute atomic E-state index is 11.0. The molecular weight excluding hydrogens is 398 g/mol. The highest BCUT2D eigenvalue weighted by atomic mass is 79.9. The Morgan fingerprint density at radius 2 is 2.05 bits per heavy atom. The molecule has 1 aliphatic rings. The molecular formula is C16H23Br2NO2. The number of rotatable bonds is 3. The number of hydrogen-bond acceptors (Lipinski definition) is 3. The second-order valence-electron chi connectivity index (χ2n) is 6.42. The van der Waals surface area contributed by atoms with Gasteiger partial charge in [0, 0.05) is 20.0 Å². The van der Waals surface area contributed by atoms with Gasteiger partial charge in [0.2, 0.25) is 5.79 Å². The average Bonchev–Trinajstić information content (AvgIpc) is 2.39. The second-order valence-corrected chi connectivity index (χ2v) is 8.06. The summed E-state index contributed by atoms with van der Waals surface area (Å²) in [5.41, 5.74) is 1.83. The van der Waals surface area contributed by atoms with Gasteiger partial charge in [-0.15, -0.1) is 0 Å². The number of aliphatic hydroxyl groups is 1. The van der Waals surface area contributed by atoms with Crippen LogP contribution in [0.1, 0.15) is 45.2 Å². The first-order valence-electron chi connectivity index (χ1n) is 7.32. The summed E-state index contributed by atoms with van der Waals surface area (Å²) in [6, 6.07) is 3.78. The molecule has 0 saturated carbocycles. The lowest BCUT2D eigenvalue weighted by atomic mass is 9.91. The van der Waals surface area contributed by atoms with Crippen molar-refractivity contribution in [1.29, 1.82) is 0 Å². The number of hydrogen-bond donors (Lipinski definition) is 2. The molecule has 2 atom stereocenters. The summed E-state index contributed by atoms with van der Waals surface area (Å²) in [5, 5.41) is 14.5. The Morgan fingerprint density at radius 1 is 1.38 bits per heavy atom. The third kappa shape index (κ3) is 3.53. The van der Waals surface area contributed by atoms with Crippen LogP contribution in [-0.2, 0) is 16.9 Å². The van der Waals surface area contributed by atoms with Crippen LogP contribution in [0.15, 0.2) is 21.1 Å². The van der Waals surface area contributed by atoms with Crippen molar-refractivity contribution in [3.8, 4) is 0 Å². The Balaban J connectivity index is 2.41. The molecule has 2 unspecified atom stereocenters. The maximum Gasteiger partial charge on any atom is 0.208 e. The van der Waals surface area contributed by atoms with E-state index in [2.05, 4.69) is 57.9 Å². The SMILES string of the molecule is CCCc1cc(C2(O)OCC(C)(C)NC2C)cc(Br)c1Br. The molecule has 1 fully saturated rings. The van der Waals surface area contributed by atoms with Crippen molar-refractivity contribution in [2.45, 2.75) is 57.9 Å². The topological polar surface area (TPSA) is 41.5 Å². The molecule has 0 radical (unpaired) electrons. The summed E-state index contributed by atoms with van der Waals surface area (Å²) in [4.78, 5) is 0. The zero-order chi connectivity index (χ0) is 15.8. The maximum atomic E-state index is 11.0. The summed E-state index contributed by atoms with van der Waals surface area (Å²) >= 11 is 7.17. The van der Waals surface area contributed by atoms with Crippen LogP contribution in [0, 0.1) is 0 Å². The molecule has 1 heterocycles. The molecule has 2 rings (SSSR count). The highest BCUT2D eigenvalue weighted by molar-refractivity contribution is 9.13. The number of morpholine rings is 1. The Bertz CT molecular complexity index is 533. The lowest BCUT2D eigenvalue weighted by molar-refractivity contribution is -0.263. The van der Waals surface area contributed by atoms with Gasteiger partial charge in [-0.05, 0) is 76.7 Å². The second kappa shape index (κ2) is 6.28. The molecule has 1 saturated heterocycles. The Kier molecular flexibility index (Phi) is 5.21. The quantitative estimate of drug-likeness (QED) is 0.773. The van der Waals surface area contributed by atoms with Crippen LogP contribution in [0.2, 0.25) is 0 Å². The van der Waals surface area contributed by atoms with Crippen molar-refractivity contribution < 1.29 is 9.84 Å². The van der Waals surface area contributed by atoms with Gasteiger partial charge in [-0.2, -0.15) is 0 Å². The molecule has 0 spiro atoms. The monoisotopic (exact) mass is 419 g/mol. The van der Waals surface area contributed by atoms with E-state index in [1.807, 2.05) is 19.1 Å². The molecule has 1 aromatic rings. The highest BCUT2D eigenvalue weighted by Gasteiger charge is 2.45. The Hall–Kier alpha value is 0.0600. The van der Waals surface area contributed by atoms with E-state index in [9.17, 15) is 5.11 Å². The van der Waals surface area contributed by atoms with Gasteiger partial charge in [0.05, 0.1) is 12.6 Å². The van der Waals surface area contributed by atoms with E-state index in [1.165, 1.54) is 5.56 Å². The fourth-order valence-corrected chi connectivity index (χ4v) is 3.71. The van der Waals surface area contributed by atoms with Crippen LogP contribution in [0.5, 0.6) is 0 Å². The van der Waals surface area contributed by atoms with E-state index in [-0.39, 0.29) is 11.6 Å². The van der Waals surface area contributed by atoms with Crippen molar-refractivity contribution in [3.63, 3.8) is 0 Å². The highest BCUT2D eigenvalue weighted by Crippen LogP contribution is 2.38. The van der Waals surface area contributed by atoms with Crippen molar-refractivity contribution in [2.24, 2.45) is 0 Å². The number of aryl methyl sites for hydroxylation is 1. The molecule has 1 aromatic carbocycles. The van der Waals surface area contributed by atoms with E-state index in [0.717, 1.165) is 27.4 Å². The molecule has 1 aliphatic heterocycles. The van der Waals surface area contributed by atoms with Crippen LogP contribution in [0.4, 0.5) is 0 Å². The predicted octanol–water partition coefficient (Wildman–Crippen LogP) is 4.10. The minimum Gasteiger partial charge on any atom is -0.361 e. The summed E-state index contributed by atoms with van der Waals surface area (Å²) in [5.74, 6) is -1.30. The fraction of sp³-hybridized carbons (Fsp3) is 0.625. The smallest absolute Gasteiger partial charge is 0.208 e. The van der Waals surface area contributed by atoms with Crippen molar-refractivity contribution in [2.75, 3.05) is 6.61 Å². The lowest BCUT2D eigenvalue weighted by Gasteiger charge is -2.46. The van der Waals surface area contributed by atoms with E-state index in [0.29, 0.717) is 6.61 Å². The van der Waals surface area contributed by atoms with Crippen LogP contribution < -0.4 is 5.32 Å². The van der Waals surface area contributed by atoms with Gasteiger partial charge in [-0.25, -0.2) is 0 Å². The van der Waals surface area contributed by atoms with Crippen LogP contribution in [0.3, 0.4) is 0 Å². The zero-order valence-electron chi connectivity index (χ0n) is 13.0. The van der Waals surface area contributed by atoms with Gasteiger partial charge in [-0.3, -0.25) is 0 Å². The van der Waals surface area contributed by atoms with Gasteiger partial charge in [0.1, 0.15) is 0 Å². The molecule has 118 valence electrons. The van der Waals surface area contributed by atoms with E-state index in [4.69, 9.17) is 4.74 Å². The van der Waals surface area contributed by atoms with Gasteiger partial charge in [0.15, 0.2) is 0 Å². The standard InChI is InChI=1S/C16H23Br2NO2/c1-5-6-11-7-12(8-13(17)14(11)18)16(20)10(2)19-15(3,4)9-21-16/h7-8,10,19-20H,5-6,9H2,1-4H3. The Morgan fingerprint density at radius 3 is 2.62 bits per heavy atom.